The van der Waals surface area contributed by atoms with Crippen LogP contribution in [0, 0.1) is 11.3 Å². The highest BCUT2D eigenvalue weighted by molar-refractivity contribution is 7.88. The molecular weight excluding hydrogens is 328 g/mol. The molecule has 0 unspecified atom stereocenters. The quantitative estimate of drug-likeness (QED) is 0.422. The average molecular weight is 349 g/mol. The molecule has 0 atom stereocenters. The first-order valence-corrected chi connectivity index (χ1v) is 8.25. The minimum atomic E-state index is -3.70. The van der Waals surface area contributed by atoms with Gasteiger partial charge in [-0.1, -0.05) is 32.0 Å². The van der Waals surface area contributed by atoms with Crippen LogP contribution >= 0.6 is 12.4 Å². The Hall–Kier alpha value is -1.64. The topological polar surface area (TPSA) is 102 Å². The number of nitrogens with one attached hydrogen (secondary N) is 3. The van der Waals surface area contributed by atoms with Crippen LogP contribution in [0.4, 0.5) is 0 Å². The number of nitrogens with zero attached hydrogens (tertiary/aromatic N) is 1. The zero-order chi connectivity index (χ0) is 16.0. The molecule has 1 aromatic carbocycles. The maximum absolute atomic E-state index is 11.9. The third-order valence-corrected chi connectivity index (χ3v) is 3.42. The van der Waals surface area contributed by atoms with Crippen molar-refractivity contribution in [3.05, 3.63) is 35.9 Å². The first-order valence-electron chi connectivity index (χ1n) is 6.40. The zero-order valence-corrected chi connectivity index (χ0v) is 14.3. The number of hydrazine groups is 1. The number of amides is 1. The maximum Gasteiger partial charge on any atom is 0.258 e. The zero-order valence-electron chi connectivity index (χ0n) is 12.7. The molecule has 0 radical (unpaired) electrons. The summed E-state index contributed by atoms with van der Waals surface area (Å²) in [5, 5.41) is 10.0. The Balaban J connectivity index is 0.00000441. The van der Waals surface area contributed by atoms with E-state index in [0.717, 1.165) is 6.26 Å². The van der Waals surface area contributed by atoms with Crippen molar-refractivity contribution in [1.29, 1.82) is 5.41 Å². The van der Waals surface area contributed by atoms with Crippen molar-refractivity contribution in [1.82, 2.24) is 15.2 Å². The van der Waals surface area contributed by atoms with E-state index in [-0.39, 0.29) is 18.3 Å². The van der Waals surface area contributed by atoms with Crippen LogP contribution in [0.25, 0.3) is 0 Å². The van der Waals surface area contributed by atoms with Gasteiger partial charge < -0.3 is 0 Å². The van der Waals surface area contributed by atoms with Crippen molar-refractivity contribution < 1.29 is 13.2 Å². The summed E-state index contributed by atoms with van der Waals surface area (Å²) in [6.07, 6.45) is 0.962. The number of hydrogen-bond donors (Lipinski definition) is 3. The second-order valence-electron chi connectivity index (χ2n) is 4.95. The Bertz CT molecular complexity index is 605. The second kappa shape index (κ2) is 8.72. The van der Waals surface area contributed by atoms with Crippen LogP contribution in [0.2, 0.25) is 0 Å². The average Bonchev–Trinajstić information content (AvgIpc) is 2.37. The maximum atomic E-state index is 11.9. The minimum Gasteiger partial charge on any atom is -0.291 e. The van der Waals surface area contributed by atoms with E-state index in [2.05, 4.69) is 10.7 Å². The van der Waals surface area contributed by atoms with Crippen LogP contribution in [-0.2, 0) is 10.0 Å². The highest BCUT2D eigenvalue weighted by Gasteiger charge is 2.22. The highest BCUT2D eigenvalue weighted by atomic mass is 35.5. The van der Waals surface area contributed by atoms with Gasteiger partial charge in [0.2, 0.25) is 16.0 Å². The number of benzene rings is 1. The Morgan fingerprint density at radius 3 is 2.27 bits per heavy atom. The fourth-order valence-corrected chi connectivity index (χ4v) is 2.13. The molecule has 0 bridgehead atoms. The molecule has 0 heterocycles. The lowest BCUT2D eigenvalue weighted by molar-refractivity contribution is 0.0973. The molecule has 1 amide bonds. The van der Waals surface area contributed by atoms with E-state index >= 15 is 0 Å². The van der Waals surface area contributed by atoms with E-state index in [1.54, 1.807) is 30.3 Å². The lowest BCUT2D eigenvalue weighted by Crippen LogP contribution is -2.53. The smallest absolute Gasteiger partial charge is 0.258 e. The van der Waals surface area contributed by atoms with Crippen LogP contribution in [0.1, 0.15) is 24.2 Å². The number of carbonyl (C=O) groups is 1. The third kappa shape index (κ3) is 6.42. The summed E-state index contributed by atoms with van der Waals surface area (Å²) < 4.78 is 24.0. The molecule has 0 aliphatic carbocycles. The van der Waals surface area contributed by atoms with Gasteiger partial charge in [0.25, 0.3) is 5.91 Å². The molecule has 0 saturated heterocycles. The van der Waals surface area contributed by atoms with Gasteiger partial charge in [-0.15, -0.1) is 12.4 Å². The Labute approximate surface area is 137 Å². The molecule has 9 heteroatoms. The van der Waals surface area contributed by atoms with E-state index in [9.17, 15) is 13.2 Å². The molecule has 1 aromatic rings. The molecule has 124 valence electrons. The summed E-state index contributed by atoms with van der Waals surface area (Å²) in [4.78, 5) is 11.9. The van der Waals surface area contributed by atoms with Gasteiger partial charge in [-0.2, -0.15) is 4.41 Å². The minimum absolute atomic E-state index is 0. The predicted molar refractivity (Wildman–Crippen MR) is 88.4 cm³/mol. The number of rotatable bonds is 5. The normalized spacial score (nSPS) is 10.7. The molecule has 0 fully saturated rings. The van der Waals surface area contributed by atoms with Crippen molar-refractivity contribution in [3.8, 4) is 0 Å². The summed E-state index contributed by atoms with van der Waals surface area (Å²) in [6.45, 7) is 4.16. The monoisotopic (exact) mass is 348 g/mol. The first kappa shape index (κ1) is 20.4. The number of carbonyl (C=O) groups excluding carboxylic acids is 1. The van der Waals surface area contributed by atoms with Gasteiger partial charge in [-0.25, -0.2) is 13.8 Å². The van der Waals surface area contributed by atoms with Gasteiger partial charge in [0, 0.05) is 12.1 Å². The first-order chi connectivity index (χ1) is 9.71. The molecule has 7 nitrogen and oxygen atoms in total. The molecule has 3 N–H and O–H groups in total. The van der Waals surface area contributed by atoms with Crippen molar-refractivity contribution >= 4 is 34.3 Å². The Kier molecular flexibility index (Phi) is 8.07. The molecule has 0 aliphatic heterocycles. The SMILES string of the molecule is CC(C)CNN(C(=N)NC(=O)c1ccccc1)S(C)(=O)=O.Cl. The summed E-state index contributed by atoms with van der Waals surface area (Å²) >= 11 is 0. The largest absolute Gasteiger partial charge is 0.291 e. The lowest BCUT2D eigenvalue weighted by atomic mass is 10.2. The van der Waals surface area contributed by atoms with Crippen LogP contribution in [0.15, 0.2) is 30.3 Å². The van der Waals surface area contributed by atoms with Crippen LogP contribution in [-0.4, -0.2) is 37.5 Å². The van der Waals surface area contributed by atoms with Crippen LogP contribution in [0.3, 0.4) is 0 Å². The van der Waals surface area contributed by atoms with Crippen molar-refractivity contribution in [3.63, 3.8) is 0 Å². The summed E-state index contributed by atoms with van der Waals surface area (Å²) in [5.74, 6) is -0.889. The lowest BCUT2D eigenvalue weighted by Gasteiger charge is -2.24. The molecule has 0 saturated carbocycles. The Morgan fingerprint density at radius 2 is 1.82 bits per heavy atom. The van der Waals surface area contributed by atoms with Gasteiger partial charge in [-0.3, -0.25) is 15.5 Å². The molecule has 0 aliphatic rings. The van der Waals surface area contributed by atoms with E-state index in [1.807, 2.05) is 13.8 Å². The van der Waals surface area contributed by atoms with Crippen molar-refractivity contribution in [2.45, 2.75) is 13.8 Å². The Morgan fingerprint density at radius 1 is 1.27 bits per heavy atom. The fraction of sp³-hybridized carbons (Fsp3) is 0.385. The highest BCUT2D eigenvalue weighted by Crippen LogP contribution is 2.00. The van der Waals surface area contributed by atoms with E-state index in [4.69, 9.17) is 5.41 Å². The summed E-state index contributed by atoms with van der Waals surface area (Å²) in [7, 11) is -3.70. The third-order valence-electron chi connectivity index (χ3n) is 2.45. The molecule has 22 heavy (non-hydrogen) atoms. The van der Waals surface area contributed by atoms with Gasteiger partial charge >= 0.3 is 0 Å². The fourth-order valence-electron chi connectivity index (χ4n) is 1.45. The summed E-state index contributed by atoms with van der Waals surface area (Å²) in [5.41, 5.74) is 2.97. The van der Waals surface area contributed by atoms with Gasteiger partial charge in [0.15, 0.2) is 0 Å². The van der Waals surface area contributed by atoms with Gasteiger partial charge in [0.1, 0.15) is 0 Å². The van der Waals surface area contributed by atoms with Gasteiger partial charge in [-0.05, 0) is 18.1 Å². The molecular formula is C13H21ClN4O3S. The van der Waals surface area contributed by atoms with Gasteiger partial charge in [0.05, 0.1) is 6.26 Å². The van der Waals surface area contributed by atoms with E-state index in [0.29, 0.717) is 16.5 Å². The van der Waals surface area contributed by atoms with Crippen molar-refractivity contribution in [2.75, 3.05) is 12.8 Å². The van der Waals surface area contributed by atoms with Crippen LogP contribution in [0.5, 0.6) is 0 Å². The molecule has 0 aromatic heterocycles. The molecule has 0 spiro atoms. The standard InChI is InChI=1S/C13H20N4O3S.ClH/c1-10(2)9-15-17(21(3,19)20)13(14)16-12(18)11-7-5-4-6-8-11;/h4-8,10,15H,9H2,1-3H3,(H2,14,16,18);1H. The molecule has 1 rings (SSSR count). The number of sulfonamides is 1. The number of guanidine groups is 1. The number of halogens is 1. The van der Waals surface area contributed by atoms with E-state index in [1.165, 1.54) is 0 Å². The second-order valence-corrected chi connectivity index (χ2v) is 6.78. The predicted octanol–water partition coefficient (Wildman–Crippen LogP) is 1.20. The van der Waals surface area contributed by atoms with Crippen molar-refractivity contribution in [2.24, 2.45) is 5.92 Å². The van der Waals surface area contributed by atoms with E-state index < -0.39 is 21.9 Å². The van der Waals surface area contributed by atoms with Crippen LogP contribution < -0.4 is 10.7 Å². The summed E-state index contributed by atoms with van der Waals surface area (Å²) in [6, 6.07) is 8.28. The number of hydrogen-bond acceptors (Lipinski definition) is 5.